The van der Waals surface area contributed by atoms with Gasteiger partial charge in [-0.2, -0.15) is 5.10 Å². The maximum absolute atomic E-state index is 12.0. The molecule has 0 spiro atoms. The number of aromatic amines is 1. The monoisotopic (exact) mass is 224 g/mol. The fourth-order valence-electron chi connectivity index (χ4n) is 1.34. The molecule has 5 heteroatoms. The van der Waals surface area contributed by atoms with Crippen molar-refractivity contribution in [3.8, 4) is 0 Å². The van der Waals surface area contributed by atoms with E-state index in [1.165, 1.54) is 6.20 Å². The number of amides is 1. The minimum absolute atomic E-state index is 0.132. The summed E-state index contributed by atoms with van der Waals surface area (Å²) < 4.78 is 0. The molecule has 1 unspecified atom stereocenters. The third kappa shape index (κ3) is 2.41. The maximum Gasteiger partial charge on any atom is 0.255 e. The van der Waals surface area contributed by atoms with Crippen LogP contribution in [0.2, 0.25) is 0 Å². The Morgan fingerprint density at radius 1 is 1.69 bits per heavy atom. The second-order valence-corrected chi connectivity index (χ2v) is 4.64. The average Bonchev–Trinajstić information content (AvgIpc) is 2.64. The van der Waals surface area contributed by atoms with Gasteiger partial charge in [0.05, 0.1) is 17.3 Å². The Morgan fingerprint density at radius 2 is 2.31 bits per heavy atom. The molecular formula is C11H20N4O. The predicted octanol–water partition coefficient (Wildman–Crippen LogP) is 0.821. The summed E-state index contributed by atoms with van der Waals surface area (Å²) in [6.07, 6.45) is 1.53. The Balaban J connectivity index is 2.82. The number of rotatable bonds is 4. The van der Waals surface area contributed by atoms with E-state index in [-0.39, 0.29) is 17.4 Å². The van der Waals surface area contributed by atoms with Gasteiger partial charge in [0.1, 0.15) is 0 Å². The van der Waals surface area contributed by atoms with Gasteiger partial charge in [-0.3, -0.25) is 9.89 Å². The molecule has 5 nitrogen and oxygen atoms in total. The Bertz CT molecular complexity index is 372. The van der Waals surface area contributed by atoms with E-state index >= 15 is 0 Å². The summed E-state index contributed by atoms with van der Waals surface area (Å²) in [5.41, 5.74) is 6.66. The third-order valence-corrected chi connectivity index (χ3v) is 3.17. The normalized spacial score (nSPS) is 14.9. The van der Waals surface area contributed by atoms with Crippen LogP contribution >= 0.6 is 0 Å². The zero-order valence-electron chi connectivity index (χ0n) is 10.3. The van der Waals surface area contributed by atoms with Crippen molar-refractivity contribution in [2.24, 2.45) is 11.7 Å². The van der Waals surface area contributed by atoms with E-state index in [1.54, 1.807) is 0 Å². The molecule has 0 fully saturated rings. The number of nitrogens with two attached hydrogens (primary N) is 1. The lowest BCUT2D eigenvalue weighted by Crippen LogP contribution is -2.55. The summed E-state index contributed by atoms with van der Waals surface area (Å²) in [7, 11) is 0. The van der Waals surface area contributed by atoms with Crippen LogP contribution in [0.4, 0.5) is 0 Å². The minimum Gasteiger partial charge on any atom is -0.345 e. The molecule has 0 saturated carbocycles. The van der Waals surface area contributed by atoms with Crippen LogP contribution in [0.3, 0.4) is 0 Å². The first kappa shape index (κ1) is 12.7. The van der Waals surface area contributed by atoms with Crippen molar-refractivity contribution in [1.29, 1.82) is 0 Å². The first-order chi connectivity index (χ1) is 7.40. The summed E-state index contributed by atoms with van der Waals surface area (Å²) in [6, 6.07) is 0. The van der Waals surface area contributed by atoms with Crippen LogP contribution in [-0.2, 0) is 0 Å². The van der Waals surface area contributed by atoms with Gasteiger partial charge in [-0.15, -0.1) is 0 Å². The van der Waals surface area contributed by atoms with Gasteiger partial charge < -0.3 is 11.1 Å². The Morgan fingerprint density at radius 3 is 2.69 bits per heavy atom. The van der Waals surface area contributed by atoms with Gasteiger partial charge in [-0.1, -0.05) is 13.8 Å². The molecule has 0 aromatic carbocycles. The van der Waals surface area contributed by atoms with Crippen molar-refractivity contribution in [3.05, 3.63) is 17.5 Å². The molecule has 1 aromatic heterocycles. The highest BCUT2D eigenvalue weighted by atomic mass is 16.1. The summed E-state index contributed by atoms with van der Waals surface area (Å²) in [5.74, 6) is 0.140. The topological polar surface area (TPSA) is 83.8 Å². The van der Waals surface area contributed by atoms with Crippen molar-refractivity contribution in [2.45, 2.75) is 33.2 Å². The molecule has 1 rings (SSSR count). The van der Waals surface area contributed by atoms with E-state index in [0.29, 0.717) is 12.1 Å². The highest BCUT2D eigenvalue weighted by Crippen LogP contribution is 2.16. The summed E-state index contributed by atoms with van der Waals surface area (Å²) in [4.78, 5) is 12.0. The molecule has 0 bridgehead atoms. The van der Waals surface area contributed by atoms with Gasteiger partial charge in [0.15, 0.2) is 0 Å². The lowest BCUT2D eigenvalue weighted by molar-refractivity contribution is 0.0882. The van der Waals surface area contributed by atoms with Crippen LogP contribution in [0, 0.1) is 12.8 Å². The van der Waals surface area contributed by atoms with Crippen molar-refractivity contribution in [3.63, 3.8) is 0 Å². The second kappa shape index (κ2) is 4.65. The first-order valence-corrected chi connectivity index (χ1v) is 5.43. The number of nitrogens with zero attached hydrogens (tertiary/aromatic N) is 1. The quantitative estimate of drug-likeness (QED) is 0.708. The lowest BCUT2D eigenvalue weighted by atomic mass is 9.88. The number of aromatic nitrogens is 2. The van der Waals surface area contributed by atoms with Crippen molar-refractivity contribution < 1.29 is 4.79 Å². The largest absolute Gasteiger partial charge is 0.345 e. The molecule has 0 radical (unpaired) electrons. The van der Waals surface area contributed by atoms with Crippen molar-refractivity contribution in [2.75, 3.05) is 6.54 Å². The molecule has 0 aliphatic rings. The number of carbonyl (C=O) groups excluding carboxylic acids is 1. The fourth-order valence-corrected chi connectivity index (χ4v) is 1.34. The number of aryl methyl sites for hydroxylation is 1. The van der Waals surface area contributed by atoms with Crippen LogP contribution in [-0.4, -0.2) is 28.2 Å². The second-order valence-electron chi connectivity index (χ2n) is 4.64. The van der Waals surface area contributed by atoms with Crippen LogP contribution < -0.4 is 11.1 Å². The van der Waals surface area contributed by atoms with E-state index in [9.17, 15) is 4.79 Å². The van der Waals surface area contributed by atoms with Gasteiger partial charge in [0, 0.05) is 12.2 Å². The molecule has 90 valence electrons. The highest BCUT2D eigenvalue weighted by Gasteiger charge is 2.29. The zero-order chi connectivity index (χ0) is 12.3. The SMILES string of the molecule is Cc1[nH]ncc1C(=O)NC(C)(CN)C(C)C. The predicted molar refractivity (Wildman–Crippen MR) is 63.1 cm³/mol. The molecule has 1 heterocycles. The lowest BCUT2D eigenvalue weighted by Gasteiger charge is -2.33. The molecule has 1 amide bonds. The van der Waals surface area contributed by atoms with Gasteiger partial charge in [-0.25, -0.2) is 0 Å². The van der Waals surface area contributed by atoms with E-state index < -0.39 is 0 Å². The maximum atomic E-state index is 12.0. The number of carbonyl (C=O) groups is 1. The molecule has 16 heavy (non-hydrogen) atoms. The van der Waals surface area contributed by atoms with Gasteiger partial charge >= 0.3 is 0 Å². The van der Waals surface area contributed by atoms with E-state index in [1.807, 2.05) is 27.7 Å². The smallest absolute Gasteiger partial charge is 0.255 e. The summed E-state index contributed by atoms with van der Waals surface area (Å²) in [5, 5.41) is 9.53. The minimum atomic E-state index is -0.388. The number of hydrogen-bond donors (Lipinski definition) is 3. The Labute approximate surface area is 95.8 Å². The number of hydrogen-bond acceptors (Lipinski definition) is 3. The highest BCUT2D eigenvalue weighted by molar-refractivity contribution is 5.95. The van der Waals surface area contributed by atoms with Crippen LogP contribution in [0.25, 0.3) is 0 Å². The van der Waals surface area contributed by atoms with E-state index in [4.69, 9.17) is 5.73 Å². The standard InChI is InChI=1S/C11H20N4O/c1-7(2)11(4,6-12)14-10(16)9-5-13-15-8(9)3/h5,7H,6,12H2,1-4H3,(H,13,15)(H,14,16). The van der Waals surface area contributed by atoms with Crippen LogP contribution in [0.1, 0.15) is 36.8 Å². The molecule has 1 atom stereocenters. The van der Waals surface area contributed by atoms with Crippen LogP contribution in [0.15, 0.2) is 6.20 Å². The molecular weight excluding hydrogens is 204 g/mol. The van der Waals surface area contributed by atoms with Crippen molar-refractivity contribution in [1.82, 2.24) is 15.5 Å². The molecule has 0 aliphatic heterocycles. The average molecular weight is 224 g/mol. The van der Waals surface area contributed by atoms with Crippen LogP contribution in [0.5, 0.6) is 0 Å². The van der Waals surface area contributed by atoms with Gasteiger partial charge in [0.2, 0.25) is 0 Å². The van der Waals surface area contributed by atoms with Gasteiger partial charge in [-0.05, 0) is 19.8 Å². The number of H-pyrrole nitrogens is 1. The Hall–Kier alpha value is -1.36. The molecule has 4 N–H and O–H groups in total. The summed E-state index contributed by atoms with van der Waals surface area (Å²) >= 11 is 0. The summed E-state index contributed by atoms with van der Waals surface area (Å²) in [6.45, 7) is 8.25. The third-order valence-electron chi connectivity index (χ3n) is 3.17. The first-order valence-electron chi connectivity index (χ1n) is 5.43. The zero-order valence-corrected chi connectivity index (χ0v) is 10.3. The molecule has 0 aliphatic carbocycles. The number of nitrogens with one attached hydrogen (secondary N) is 2. The fraction of sp³-hybridized carbons (Fsp3) is 0.636. The van der Waals surface area contributed by atoms with E-state index in [2.05, 4.69) is 15.5 Å². The molecule has 1 aromatic rings. The van der Waals surface area contributed by atoms with Crippen molar-refractivity contribution >= 4 is 5.91 Å². The van der Waals surface area contributed by atoms with E-state index in [0.717, 1.165) is 5.69 Å². The van der Waals surface area contributed by atoms with Gasteiger partial charge in [0.25, 0.3) is 5.91 Å². The molecule has 0 saturated heterocycles. The Kier molecular flexibility index (Phi) is 3.70.